The van der Waals surface area contributed by atoms with Crippen LogP contribution in [0.3, 0.4) is 0 Å². The Hall–Kier alpha value is -2.05. The molecule has 162 valence electrons. The Morgan fingerprint density at radius 1 is 0.967 bits per heavy atom. The van der Waals surface area contributed by atoms with Crippen LogP contribution in [0.1, 0.15) is 37.3 Å². The van der Waals surface area contributed by atoms with Crippen LogP contribution in [0.25, 0.3) is 0 Å². The zero-order valence-electron chi connectivity index (χ0n) is 17.9. The highest BCUT2D eigenvalue weighted by Gasteiger charge is 2.38. The van der Waals surface area contributed by atoms with Gasteiger partial charge in [0.25, 0.3) is 0 Å². The third kappa shape index (κ3) is 6.47. The van der Waals surface area contributed by atoms with Gasteiger partial charge < -0.3 is 18.9 Å². The Labute approximate surface area is 179 Å². The molecule has 1 aliphatic rings. The number of hydrogen-bond donors (Lipinski definition) is 0. The van der Waals surface area contributed by atoms with E-state index in [1.807, 2.05) is 67.6 Å². The number of ketones is 1. The fraction of sp³-hybridized carbons (Fsp3) is 0.480. The number of methoxy groups -OCH3 is 1. The zero-order valence-corrected chi connectivity index (χ0v) is 17.9. The standard InChI is InChI=1S/C25H32O5/c1-3-10-21(27-2)25(26)23-15-22(28-16-19-11-6-4-7-12-19)24(18-30-23)29-17-20-13-8-5-9-14-20/h4-9,11-14,21-24H,3,10,15-18H2,1-2H3/t21?,22-,23-,24-/m0/s1. The van der Waals surface area contributed by atoms with Gasteiger partial charge in [-0.1, -0.05) is 74.0 Å². The zero-order chi connectivity index (χ0) is 21.2. The number of benzene rings is 2. The van der Waals surface area contributed by atoms with Gasteiger partial charge in [-0.05, 0) is 17.5 Å². The van der Waals surface area contributed by atoms with Crippen molar-refractivity contribution in [3.63, 3.8) is 0 Å². The van der Waals surface area contributed by atoms with Crippen LogP contribution in [0.2, 0.25) is 0 Å². The van der Waals surface area contributed by atoms with E-state index < -0.39 is 12.2 Å². The van der Waals surface area contributed by atoms with E-state index in [0.29, 0.717) is 32.7 Å². The number of hydrogen-bond acceptors (Lipinski definition) is 5. The number of ether oxygens (including phenoxy) is 4. The summed E-state index contributed by atoms with van der Waals surface area (Å²) in [5.41, 5.74) is 2.19. The van der Waals surface area contributed by atoms with Crippen molar-refractivity contribution < 1.29 is 23.7 Å². The van der Waals surface area contributed by atoms with Crippen molar-refractivity contribution in [1.82, 2.24) is 0 Å². The van der Waals surface area contributed by atoms with Crippen LogP contribution in [0.5, 0.6) is 0 Å². The molecule has 2 aromatic carbocycles. The van der Waals surface area contributed by atoms with E-state index in [9.17, 15) is 4.79 Å². The molecule has 0 aliphatic carbocycles. The third-order valence-corrected chi connectivity index (χ3v) is 5.41. The average molecular weight is 413 g/mol. The Kier molecular flexibility index (Phi) is 9.02. The molecule has 1 heterocycles. The summed E-state index contributed by atoms with van der Waals surface area (Å²) in [5, 5.41) is 0. The molecule has 0 amide bonds. The Balaban J connectivity index is 1.64. The maximum absolute atomic E-state index is 12.9. The fourth-order valence-corrected chi connectivity index (χ4v) is 3.68. The van der Waals surface area contributed by atoms with Gasteiger partial charge in [-0.2, -0.15) is 0 Å². The van der Waals surface area contributed by atoms with Crippen LogP contribution < -0.4 is 0 Å². The van der Waals surface area contributed by atoms with Crippen molar-refractivity contribution in [3.8, 4) is 0 Å². The SMILES string of the molecule is CCCC(OC)C(=O)[C@@H]1C[C@H](OCc2ccccc2)[C@@H](OCc2ccccc2)CO1. The van der Waals surface area contributed by atoms with Crippen LogP contribution in [0.4, 0.5) is 0 Å². The normalized spacial score (nSPS) is 22.5. The highest BCUT2D eigenvalue weighted by atomic mass is 16.6. The largest absolute Gasteiger partial charge is 0.374 e. The van der Waals surface area contributed by atoms with Crippen molar-refractivity contribution >= 4 is 5.78 Å². The number of carbonyl (C=O) groups is 1. The molecule has 0 aromatic heterocycles. The van der Waals surface area contributed by atoms with Gasteiger partial charge >= 0.3 is 0 Å². The molecule has 1 aliphatic heterocycles. The second kappa shape index (κ2) is 12.0. The monoisotopic (exact) mass is 412 g/mol. The molecule has 3 rings (SSSR count). The quantitative estimate of drug-likeness (QED) is 0.550. The molecule has 2 aromatic rings. The molecule has 30 heavy (non-hydrogen) atoms. The lowest BCUT2D eigenvalue weighted by Crippen LogP contribution is -2.49. The second-order valence-electron chi connectivity index (χ2n) is 7.64. The summed E-state index contributed by atoms with van der Waals surface area (Å²) >= 11 is 0. The molecule has 0 radical (unpaired) electrons. The molecule has 1 saturated heterocycles. The third-order valence-electron chi connectivity index (χ3n) is 5.41. The molecule has 1 fully saturated rings. The van der Waals surface area contributed by atoms with Crippen LogP contribution in [-0.4, -0.2) is 43.9 Å². The Morgan fingerprint density at radius 2 is 1.53 bits per heavy atom. The van der Waals surface area contributed by atoms with E-state index in [2.05, 4.69) is 0 Å². The first-order valence-corrected chi connectivity index (χ1v) is 10.7. The minimum atomic E-state index is -0.529. The molecule has 0 spiro atoms. The van der Waals surface area contributed by atoms with E-state index >= 15 is 0 Å². The molecular formula is C25H32O5. The summed E-state index contributed by atoms with van der Waals surface area (Å²) in [6, 6.07) is 20.1. The maximum Gasteiger partial charge on any atom is 0.190 e. The van der Waals surface area contributed by atoms with Crippen molar-refractivity contribution in [2.75, 3.05) is 13.7 Å². The Morgan fingerprint density at radius 3 is 2.07 bits per heavy atom. The second-order valence-corrected chi connectivity index (χ2v) is 7.64. The van der Waals surface area contributed by atoms with E-state index in [0.717, 1.165) is 17.5 Å². The van der Waals surface area contributed by atoms with Crippen molar-refractivity contribution in [2.24, 2.45) is 0 Å². The van der Waals surface area contributed by atoms with E-state index in [4.69, 9.17) is 18.9 Å². The minimum Gasteiger partial charge on any atom is -0.374 e. The first-order chi connectivity index (χ1) is 14.7. The number of carbonyl (C=O) groups excluding carboxylic acids is 1. The van der Waals surface area contributed by atoms with Gasteiger partial charge in [0.15, 0.2) is 5.78 Å². The smallest absolute Gasteiger partial charge is 0.190 e. The molecule has 0 N–H and O–H groups in total. The summed E-state index contributed by atoms with van der Waals surface area (Å²) in [4.78, 5) is 12.9. The van der Waals surface area contributed by atoms with Gasteiger partial charge in [0.05, 0.1) is 25.9 Å². The average Bonchev–Trinajstić information content (AvgIpc) is 2.81. The van der Waals surface area contributed by atoms with Gasteiger partial charge in [-0.25, -0.2) is 0 Å². The molecule has 0 saturated carbocycles. The summed E-state index contributed by atoms with van der Waals surface area (Å²) in [5.74, 6) is -0.00540. The van der Waals surface area contributed by atoms with Crippen molar-refractivity contribution in [1.29, 1.82) is 0 Å². The van der Waals surface area contributed by atoms with Crippen LogP contribution in [-0.2, 0) is 37.0 Å². The lowest BCUT2D eigenvalue weighted by Gasteiger charge is -2.36. The summed E-state index contributed by atoms with van der Waals surface area (Å²) < 4.78 is 23.7. The van der Waals surface area contributed by atoms with Crippen LogP contribution >= 0.6 is 0 Å². The van der Waals surface area contributed by atoms with E-state index in [1.165, 1.54) is 0 Å². The number of rotatable bonds is 11. The van der Waals surface area contributed by atoms with Gasteiger partial charge in [-0.15, -0.1) is 0 Å². The summed E-state index contributed by atoms with van der Waals surface area (Å²) in [7, 11) is 1.58. The van der Waals surface area contributed by atoms with Crippen molar-refractivity contribution in [2.45, 2.75) is 63.8 Å². The number of Topliss-reactive ketones (excluding diaryl/α,β-unsaturated/α-hetero) is 1. The topological polar surface area (TPSA) is 54.0 Å². The highest BCUT2D eigenvalue weighted by molar-refractivity contribution is 5.87. The lowest BCUT2D eigenvalue weighted by atomic mass is 9.96. The van der Waals surface area contributed by atoms with Gasteiger partial charge in [0.1, 0.15) is 18.3 Å². The summed E-state index contributed by atoms with van der Waals surface area (Å²) in [6.07, 6.45) is 0.623. The predicted octanol–water partition coefficient (Wildman–Crippen LogP) is 4.33. The Bertz CT molecular complexity index is 749. The molecular weight excluding hydrogens is 380 g/mol. The highest BCUT2D eigenvalue weighted by Crippen LogP contribution is 2.25. The predicted molar refractivity (Wildman–Crippen MR) is 115 cm³/mol. The molecule has 0 bridgehead atoms. The van der Waals surface area contributed by atoms with E-state index in [1.54, 1.807) is 7.11 Å². The van der Waals surface area contributed by atoms with Crippen LogP contribution in [0, 0.1) is 0 Å². The van der Waals surface area contributed by atoms with Gasteiger partial charge in [-0.3, -0.25) is 4.79 Å². The first kappa shape index (κ1) is 22.6. The fourth-order valence-electron chi connectivity index (χ4n) is 3.68. The molecule has 5 heteroatoms. The van der Waals surface area contributed by atoms with Gasteiger partial charge in [0.2, 0.25) is 0 Å². The van der Waals surface area contributed by atoms with E-state index in [-0.39, 0.29) is 18.0 Å². The lowest BCUT2D eigenvalue weighted by molar-refractivity contribution is -0.182. The first-order valence-electron chi connectivity index (χ1n) is 10.7. The minimum absolute atomic E-state index is 0.00540. The van der Waals surface area contributed by atoms with Gasteiger partial charge in [0, 0.05) is 13.5 Å². The molecule has 4 atom stereocenters. The van der Waals surface area contributed by atoms with Crippen molar-refractivity contribution in [3.05, 3.63) is 71.8 Å². The molecule has 5 nitrogen and oxygen atoms in total. The molecule has 1 unspecified atom stereocenters. The van der Waals surface area contributed by atoms with Crippen LogP contribution in [0.15, 0.2) is 60.7 Å². The summed E-state index contributed by atoms with van der Waals surface area (Å²) in [6.45, 7) is 3.32. The maximum atomic E-state index is 12.9.